The number of halogens is 2. The zero-order valence-corrected chi connectivity index (χ0v) is 18.5. The van der Waals surface area contributed by atoms with E-state index in [1.165, 1.54) is 50.6 Å². The van der Waals surface area contributed by atoms with Crippen LogP contribution in [0.5, 0.6) is 5.75 Å². The van der Waals surface area contributed by atoms with Gasteiger partial charge in [-0.15, -0.1) is 0 Å². The van der Waals surface area contributed by atoms with E-state index in [0.29, 0.717) is 28.1 Å². The van der Waals surface area contributed by atoms with Gasteiger partial charge in [0.05, 0.1) is 7.11 Å². The fourth-order valence-corrected chi connectivity index (χ4v) is 5.64. The van der Waals surface area contributed by atoms with E-state index in [0.717, 1.165) is 12.8 Å². The highest BCUT2D eigenvalue weighted by molar-refractivity contribution is 14.1. The molecule has 3 rings (SSSR count). The first-order chi connectivity index (χ1) is 13.4. The minimum absolute atomic E-state index is 0.0305. The van der Waals surface area contributed by atoms with Gasteiger partial charge in [-0.3, -0.25) is 4.79 Å². The first kappa shape index (κ1) is 21.1. The Labute approximate surface area is 179 Å². The van der Waals surface area contributed by atoms with Crippen molar-refractivity contribution in [3.8, 4) is 11.8 Å². The molecular formula is C22H26FIN2O2. The number of piperidine rings is 1. The van der Waals surface area contributed by atoms with Crippen molar-refractivity contribution in [2.45, 2.75) is 49.0 Å². The zero-order chi connectivity index (χ0) is 20.3. The Bertz CT molecular complexity index is 804. The molecule has 2 fully saturated rings. The van der Waals surface area contributed by atoms with Gasteiger partial charge in [-0.05, 0) is 62.3 Å². The lowest BCUT2D eigenvalue weighted by atomic mass is 9.77. The Morgan fingerprint density at radius 3 is 2.89 bits per heavy atom. The van der Waals surface area contributed by atoms with E-state index in [1.54, 1.807) is 0 Å². The highest BCUT2D eigenvalue weighted by Crippen LogP contribution is 2.41. The molecule has 0 bridgehead atoms. The van der Waals surface area contributed by atoms with Gasteiger partial charge in [0.1, 0.15) is 23.2 Å². The van der Waals surface area contributed by atoms with E-state index in [1.807, 2.05) is 11.0 Å². The van der Waals surface area contributed by atoms with Crippen LogP contribution in [0.2, 0.25) is 0 Å². The van der Waals surface area contributed by atoms with Gasteiger partial charge in [-0.1, -0.05) is 35.4 Å². The average Bonchev–Trinajstić information content (AvgIpc) is 2.88. The second-order valence-electron chi connectivity index (χ2n) is 7.77. The summed E-state index contributed by atoms with van der Waals surface area (Å²) >= 11 is 2.53. The summed E-state index contributed by atoms with van der Waals surface area (Å²) in [7, 11) is 1.50. The molecule has 4 atom stereocenters. The summed E-state index contributed by atoms with van der Waals surface area (Å²) in [5.41, 5.74) is 0.158. The average molecular weight is 496 g/mol. The van der Waals surface area contributed by atoms with E-state index in [2.05, 4.69) is 29.5 Å². The quantitative estimate of drug-likeness (QED) is 0.257. The number of rotatable bonds is 3. The highest BCUT2D eigenvalue weighted by atomic mass is 127. The van der Waals surface area contributed by atoms with Crippen LogP contribution in [0, 0.1) is 29.0 Å². The number of amides is 1. The van der Waals surface area contributed by atoms with Gasteiger partial charge >= 0.3 is 0 Å². The minimum atomic E-state index is -0.482. The number of hydrogen-bond donors (Lipinski definition) is 0. The molecule has 4 nitrogen and oxygen atoms in total. The molecule has 2 aliphatic rings. The van der Waals surface area contributed by atoms with Crippen molar-refractivity contribution in [2.75, 3.05) is 13.7 Å². The standard InChI is InChI=1S/C22H26FIN2O2/c1-14-20-12-18(24)5-3-4-15(20)8-9-26(14)22(27)17(13-25)10-16-11-19(28-2)6-7-21(16)23/h6-7,10-11,14-15,18,20H,3-5,8-9,12H2,1-2H3/b17-10+. The number of likely N-dealkylation sites (tertiary alicyclic amines) is 1. The topological polar surface area (TPSA) is 53.3 Å². The maximum Gasteiger partial charge on any atom is 0.264 e. The lowest BCUT2D eigenvalue weighted by molar-refractivity contribution is -0.132. The second kappa shape index (κ2) is 9.25. The monoisotopic (exact) mass is 496 g/mol. The van der Waals surface area contributed by atoms with Crippen LogP contribution in [0.4, 0.5) is 4.39 Å². The van der Waals surface area contributed by atoms with Crippen LogP contribution in [0.3, 0.4) is 0 Å². The summed E-state index contributed by atoms with van der Waals surface area (Å²) < 4.78 is 19.9. The molecule has 1 heterocycles. The summed E-state index contributed by atoms with van der Waals surface area (Å²) in [6.07, 6.45) is 7.17. The lowest BCUT2D eigenvalue weighted by Crippen LogP contribution is -2.50. The minimum Gasteiger partial charge on any atom is -0.497 e. The van der Waals surface area contributed by atoms with Crippen molar-refractivity contribution in [2.24, 2.45) is 11.8 Å². The van der Waals surface area contributed by atoms with Crippen LogP contribution in [-0.4, -0.2) is 34.4 Å². The van der Waals surface area contributed by atoms with Crippen LogP contribution >= 0.6 is 22.6 Å². The van der Waals surface area contributed by atoms with Gasteiger partial charge < -0.3 is 9.64 Å². The van der Waals surface area contributed by atoms with Crippen molar-refractivity contribution in [1.29, 1.82) is 5.26 Å². The Kier molecular flexibility index (Phi) is 6.97. The van der Waals surface area contributed by atoms with E-state index in [-0.39, 0.29) is 23.1 Å². The van der Waals surface area contributed by atoms with Crippen molar-refractivity contribution < 1.29 is 13.9 Å². The van der Waals surface area contributed by atoms with Gasteiger partial charge in [0.2, 0.25) is 0 Å². The van der Waals surface area contributed by atoms with E-state index < -0.39 is 5.82 Å². The van der Waals surface area contributed by atoms with Crippen LogP contribution in [-0.2, 0) is 4.79 Å². The van der Waals surface area contributed by atoms with Gasteiger partial charge in [-0.2, -0.15) is 5.26 Å². The smallest absolute Gasteiger partial charge is 0.264 e. The number of fused-ring (bicyclic) bond motifs is 1. The first-order valence-electron chi connectivity index (χ1n) is 9.85. The number of nitriles is 1. The summed E-state index contributed by atoms with van der Waals surface area (Å²) in [5, 5.41) is 9.59. The Hall–Kier alpha value is -1.62. The molecule has 150 valence electrons. The molecule has 1 saturated carbocycles. The maximum absolute atomic E-state index is 14.2. The number of benzene rings is 1. The molecular weight excluding hydrogens is 470 g/mol. The van der Waals surface area contributed by atoms with Crippen molar-refractivity contribution >= 4 is 34.6 Å². The van der Waals surface area contributed by atoms with Crippen LogP contribution in [0.1, 0.15) is 44.6 Å². The molecule has 1 aliphatic carbocycles. The third-order valence-corrected chi connectivity index (χ3v) is 7.32. The van der Waals surface area contributed by atoms with Crippen LogP contribution in [0.15, 0.2) is 23.8 Å². The molecule has 1 aliphatic heterocycles. The summed E-state index contributed by atoms with van der Waals surface area (Å²) in [4.78, 5) is 15.0. The second-order valence-corrected chi connectivity index (χ2v) is 9.53. The number of ether oxygens (including phenoxy) is 1. The predicted molar refractivity (Wildman–Crippen MR) is 116 cm³/mol. The summed E-state index contributed by atoms with van der Waals surface area (Å²) in [6, 6.07) is 6.38. The lowest BCUT2D eigenvalue weighted by Gasteiger charge is -2.44. The first-order valence-corrected chi connectivity index (χ1v) is 11.1. The van der Waals surface area contributed by atoms with Crippen molar-refractivity contribution in [3.63, 3.8) is 0 Å². The molecule has 0 spiro atoms. The van der Waals surface area contributed by atoms with Gasteiger partial charge in [0.25, 0.3) is 5.91 Å². The molecule has 6 heteroatoms. The molecule has 4 unspecified atom stereocenters. The van der Waals surface area contributed by atoms with Crippen molar-refractivity contribution in [1.82, 2.24) is 4.90 Å². The van der Waals surface area contributed by atoms with Crippen molar-refractivity contribution in [3.05, 3.63) is 35.2 Å². The number of carbonyl (C=O) groups is 1. The molecule has 0 aromatic heterocycles. The van der Waals surface area contributed by atoms with E-state index >= 15 is 0 Å². The molecule has 1 amide bonds. The SMILES string of the molecule is COc1ccc(F)c(/C=C(\C#N)C(=O)N2CCC3CCCC(I)CC3C2C)c1. The fourth-order valence-electron chi connectivity index (χ4n) is 4.61. The zero-order valence-electron chi connectivity index (χ0n) is 16.3. The number of nitrogens with zero attached hydrogens (tertiary/aromatic N) is 2. The third-order valence-electron chi connectivity index (χ3n) is 6.19. The maximum atomic E-state index is 14.2. The van der Waals surface area contributed by atoms with Gasteiger partial charge in [0, 0.05) is 22.1 Å². The number of hydrogen-bond acceptors (Lipinski definition) is 3. The Morgan fingerprint density at radius 2 is 2.18 bits per heavy atom. The normalized spacial score (nSPS) is 28.1. The number of alkyl halides is 1. The largest absolute Gasteiger partial charge is 0.497 e. The number of carbonyl (C=O) groups excluding carboxylic acids is 1. The van der Waals surface area contributed by atoms with E-state index in [4.69, 9.17) is 4.74 Å². The Balaban J connectivity index is 1.84. The third kappa shape index (κ3) is 4.51. The molecule has 28 heavy (non-hydrogen) atoms. The van der Waals surface area contributed by atoms with E-state index in [9.17, 15) is 14.4 Å². The van der Waals surface area contributed by atoms with Crippen LogP contribution in [0.25, 0.3) is 6.08 Å². The summed E-state index contributed by atoms with van der Waals surface area (Å²) in [6.45, 7) is 2.76. The Morgan fingerprint density at radius 1 is 1.39 bits per heavy atom. The fraction of sp³-hybridized carbons (Fsp3) is 0.545. The molecule has 0 N–H and O–H groups in total. The summed E-state index contributed by atoms with van der Waals surface area (Å²) in [5.74, 6) is 0.826. The number of methoxy groups -OCH3 is 1. The molecule has 1 saturated heterocycles. The molecule has 1 aromatic carbocycles. The predicted octanol–water partition coefficient (Wildman–Crippen LogP) is 4.97. The van der Waals surface area contributed by atoms with Gasteiger partial charge in [0.15, 0.2) is 0 Å². The molecule has 0 radical (unpaired) electrons. The van der Waals surface area contributed by atoms with Crippen LogP contribution < -0.4 is 4.74 Å². The van der Waals surface area contributed by atoms with Gasteiger partial charge in [-0.25, -0.2) is 4.39 Å². The highest BCUT2D eigenvalue weighted by Gasteiger charge is 2.40. The molecule has 1 aromatic rings.